The minimum absolute atomic E-state index is 0.195. The highest BCUT2D eigenvalue weighted by Gasteiger charge is 2.23. The van der Waals surface area contributed by atoms with Gasteiger partial charge in [0.25, 0.3) is 5.69 Å². The number of benzene rings is 3. The summed E-state index contributed by atoms with van der Waals surface area (Å²) in [7, 11) is 0. The van der Waals surface area contributed by atoms with Crippen LogP contribution in [-0.2, 0) is 0 Å². The van der Waals surface area contributed by atoms with E-state index in [9.17, 15) is 29.7 Å². The number of oxazole rings is 1. The molecule has 0 aliphatic heterocycles. The van der Waals surface area contributed by atoms with Crippen molar-refractivity contribution in [3.05, 3.63) is 86.2 Å². The molecule has 1 aromatic heterocycles. The zero-order valence-corrected chi connectivity index (χ0v) is 15.4. The molecule has 0 amide bonds. The summed E-state index contributed by atoms with van der Waals surface area (Å²) in [5.41, 5.74) is 0.0738. The van der Waals surface area contributed by atoms with Gasteiger partial charge in [-0.05, 0) is 30.3 Å². The lowest BCUT2D eigenvalue weighted by Gasteiger charge is -2.01. The second-order valence-corrected chi connectivity index (χ2v) is 6.36. The second-order valence-electron chi connectivity index (χ2n) is 6.36. The fourth-order valence-electron chi connectivity index (χ4n) is 2.85. The van der Waals surface area contributed by atoms with Crippen LogP contribution in [-0.4, -0.2) is 26.2 Å². The highest BCUT2D eigenvalue weighted by atomic mass is 19.1. The van der Waals surface area contributed by atoms with Gasteiger partial charge >= 0.3 is 5.69 Å². The number of non-ortho nitro benzene ring substituents is 1. The maximum atomic E-state index is 13.4. The number of halogens is 1. The Morgan fingerprint density at radius 1 is 1.06 bits per heavy atom. The first-order chi connectivity index (χ1) is 14.8. The van der Waals surface area contributed by atoms with Crippen molar-refractivity contribution in [2.45, 2.75) is 0 Å². The van der Waals surface area contributed by atoms with Crippen molar-refractivity contribution in [2.75, 3.05) is 0 Å². The highest BCUT2D eigenvalue weighted by molar-refractivity contribution is 5.89. The Hall–Kier alpha value is -4.67. The third kappa shape index (κ3) is 3.92. The number of phenols is 1. The molecule has 0 aliphatic carbocycles. The number of aliphatic imine (C=N–C) groups is 1. The molecule has 0 spiro atoms. The summed E-state index contributed by atoms with van der Waals surface area (Å²) < 4.78 is 19.1. The zero-order valence-electron chi connectivity index (χ0n) is 15.4. The molecule has 0 aliphatic rings. The number of hydrogen-bond donors (Lipinski definition) is 1. The first kappa shape index (κ1) is 19.6. The van der Waals surface area contributed by atoms with Crippen LogP contribution >= 0.6 is 0 Å². The average Bonchev–Trinajstić information content (AvgIpc) is 3.16. The normalized spacial score (nSPS) is 11.3. The molecule has 4 rings (SSSR count). The van der Waals surface area contributed by atoms with Crippen LogP contribution in [0.25, 0.3) is 22.6 Å². The molecule has 0 fully saturated rings. The predicted octanol–water partition coefficient (Wildman–Crippen LogP) is 4.91. The van der Waals surface area contributed by atoms with Crippen LogP contribution in [0.1, 0.15) is 5.56 Å². The van der Waals surface area contributed by atoms with Crippen LogP contribution in [0.5, 0.6) is 5.75 Å². The van der Waals surface area contributed by atoms with E-state index in [4.69, 9.17) is 4.42 Å². The zero-order chi connectivity index (χ0) is 22.1. The van der Waals surface area contributed by atoms with Gasteiger partial charge in [0.2, 0.25) is 11.6 Å². The number of rotatable bonds is 5. The van der Waals surface area contributed by atoms with Crippen molar-refractivity contribution in [1.82, 2.24) is 4.98 Å². The summed E-state index contributed by atoms with van der Waals surface area (Å²) in [5, 5.41) is 32.1. The molecule has 31 heavy (non-hydrogen) atoms. The molecule has 11 heteroatoms. The molecule has 1 heterocycles. The summed E-state index contributed by atoms with van der Waals surface area (Å²) in [5.74, 6) is -0.966. The molecular formula is C20H11FN4O6. The first-order valence-corrected chi connectivity index (χ1v) is 8.68. The Morgan fingerprint density at radius 3 is 2.58 bits per heavy atom. The lowest BCUT2D eigenvalue weighted by atomic mass is 10.1. The minimum atomic E-state index is -0.922. The quantitative estimate of drug-likeness (QED) is 0.273. The molecule has 4 aromatic rings. The Bertz CT molecular complexity index is 1380. The molecule has 3 aromatic carbocycles. The number of nitro groups is 2. The number of nitro benzene ring substituents is 2. The van der Waals surface area contributed by atoms with Crippen molar-refractivity contribution in [1.29, 1.82) is 0 Å². The smallest absolute Gasteiger partial charge is 0.318 e. The molecule has 0 radical (unpaired) electrons. The maximum absolute atomic E-state index is 13.4. The standard InChI is InChI=1S/C20H11FN4O6/c21-13-3-1-2-11(6-13)20-23-16-5-4-14(8-18(16)31-20)22-10-12-7-15(24(27)28)9-17(19(12)26)25(29)30/h1-10,26H. The Morgan fingerprint density at radius 2 is 1.87 bits per heavy atom. The highest BCUT2D eigenvalue weighted by Crippen LogP contribution is 2.34. The van der Waals surface area contributed by atoms with E-state index in [1.165, 1.54) is 24.3 Å². The molecule has 0 saturated carbocycles. The lowest BCUT2D eigenvalue weighted by Crippen LogP contribution is -1.96. The summed E-state index contributed by atoms with van der Waals surface area (Å²) in [6, 6.07) is 12.1. The van der Waals surface area contributed by atoms with Crippen LogP contribution < -0.4 is 0 Å². The predicted molar refractivity (Wildman–Crippen MR) is 108 cm³/mol. The number of hydrogen-bond acceptors (Lipinski definition) is 8. The number of aromatic hydroxyl groups is 1. The van der Waals surface area contributed by atoms with Gasteiger partial charge in [0.05, 0.1) is 21.6 Å². The van der Waals surface area contributed by atoms with Gasteiger partial charge in [-0.3, -0.25) is 25.2 Å². The fraction of sp³-hybridized carbons (Fsp3) is 0. The van der Waals surface area contributed by atoms with Gasteiger partial charge in [-0.1, -0.05) is 6.07 Å². The van der Waals surface area contributed by atoms with E-state index in [-0.39, 0.29) is 11.5 Å². The van der Waals surface area contributed by atoms with E-state index >= 15 is 0 Å². The molecule has 1 N–H and O–H groups in total. The third-order valence-electron chi connectivity index (χ3n) is 4.31. The van der Waals surface area contributed by atoms with Crippen molar-refractivity contribution >= 4 is 34.4 Å². The average molecular weight is 422 g/mol. The van der Waals surface area contributed by atoms with E-state index in [0.717, 1.165) is 12.3 Å². The molecule has 0 bridgehead atoms. The van der Waals surface area contributed by atoms with Crippen molar-refractivity contribution in [3.8, 4) is 17.2 Å². The number of nitrogens with zero attached hydrogens (tertiary/aromatic N) is 4. The van der Waals surface area contributed by atoms with Crippen LogP contribution in [0.15, 0.2) is 64.0 Å². The van der Waals surface area contributed by atoms with E-state index in [2.05, 4.69) is 9.98 Å². The molecular weight excluding hydrogens is 411 g/mol. The van der Waals surface area contributed by atoms with Crippen molar-refractivity contribution in [2.24, 2.45) is 4.99 Å². The maximum Gasteiger partial charge on any atom is 0.318 e. The largest absolute Gasteiger partial charge is 0.502 e. The van der Waals surface area contributed by atoms with Crippen LogP contribution in [0, 0.1) is 26.0 Å². The van der Waals surface area contributed by atoms with Crippen LogP contribution in [0.3, 0.4) is 0 Å². The Balaban J connectivity index is 1.70. The van der Waals surface area contributed by atoms with Gasteiger partial charge in [0.15, 0.2) is 5.58 Å². The van der Waals surface area contributed by atoms with Gasteiger partial charge in [-0.15, -0.1) is 0 Å². The Labute approximate surface area is 172 Å². The second kappa shape index (κ2) is 7.63. The lowest BCUT2D eigenvalue weighted by molar-refractivity contribution is -0.394. The monoisotopic (exact) mass is 422 g/mol. The summed E-state index contributed by atoms with van der Waals surface area (Å²) in [6.07, 6.45) is 1.07. The summed E-state index contributed by atoms with van der Waals surface area (Å²) in [4.78, 5) is 28.7. The number of phenolic OH excluding ortho intramolecular Hbond substituents is 1. The van der Waals surface area contributed by atoms with E-state index in [0.29, 0.717) is 28.4 Å². The Kier molecular flexibility index (Phi) is 4.83. The first-order valence-electron chi connectivity index (χ1n) is 8.68. The van der Waals surface area contributed by atoms with Crippen LogP contribution in [0.4, 0.5) is 21.5 Å². The summed E-state index contributed by atoms with van der Waals surface area (Å²) >= 11 is 0. The van der Waals surface area contributed by atoms with Crippen molar-refractivity contribution < 1.29 is 23.8 Å². The number of aromatic nitrogens is 1. The topological polar surface area (TPSA) is 145 Å². The van der Waals surface area contributed by atoms with E-state index in [1.807, 2.05) is 0 Å². The molecule has 0 saturated heterocycles. The number of fused-ring (bicyclic) bond motifs is 1. The van der Waals surface area contributed by atoms with Crippen LogP contribution in [0.2, 0.25) is 0 Å². The fourth-order valence-corrected chi connectivity index (χ4v) is 2.85. The summed E-state index contributed by atoms with van der Waals surface area (Å²) in [6.45, 7) is 0. The minimum Gasteiger partial charge on any atom is -0.502 e. The third-order valence-corrected chi connectivity index (χ3v) is 4.31. The molecule has 154 valence electrons. The van der Waals surface area contributed by atoms with Gasteiger partial charge in [-0.2, -0.15) is 0 Å². The van der Waals surface area contributed by atoms with E-state index in [1.54, 1.807) is 18.2 Å². The van der Waals surface area contributed by atoms with Crippen molar-refractivity contribution in [3.63, 3.8) is 0 Å². The molecule has 0 unspecified atom stereocenters. The molecule has 0 atom stereocenters. The van der Waals surface area contributed by atoms with Gasteiger partial charge < -0.3 is 9.52 Å². The van der Waals surface area contributed by atoms with Gasteiger partial charge in [0.1, 0.15) is 11.3 Å². The van der Waals surface area contributed by atoms with E-state index < -0.39 is 32.8 Å². The van der Waals surface area contributed by atoms with Gasteiger partial charge in [-0.25, -0.2) is 9.37 Å². The molecule has 10 nitrogen and oxygen atoms in total. The SMILES string of the molecule is O=[N+]([O-])c1cc(C=Nc2ccc3nc(-c4cccc(F)c4)oc3c2)c(O)c([N+](=O)[O-])c1. The van der Waals surface area contributed by atoms with Gasteiger partial charge in [0, 0.05) is 29.5 Å².